The summed E-state index contributed by atoms with van der Waals surface area (Å²) < 4.78 is 5.25. The Kier molecular flexibility index (Phi) is 10.3. The molecule has 39 heavy (non-hydrogen) atoms. The monoisotopic (exact) mass is 533 g/mol. The van der Waals surface area contributed by atoms with Crippen LogP contribution in [0.4, 0.5) is 22.0 Å². The second-order valence-electron chi connectivity index (χ2n) is 10.5. The van der Waals surface area contributed by atoms with E-state index in [0.29, 0.717) is 50.5 Å². The zero-order chi connectivity index (χ0) is 28.4. The van der Waals surface area contributed by atoms with Crippen molar-refractivity contribution >= 4 is 23.3 Å². The van der Waals surface area contributed by atoms with E-state index in [1.807, 2.05) is 100 Å². The van der Waals surface area contributed by atoms with E-state index in [4.69, 9.17) is 9.72 Å². The van der Waals surface area contributed by atoms with Gasteiger partial charge in [-0.1, -0.05) is 60.7 Å². The number of hydrogen-bond donors (Lipinski definition) is 2. The minimum absolute atomic E-state index is 0.0307. The highest BCUT2D eigenvalue weighted by molar-refractivity contribution is 5.77. The van der Waals surface area contributed by atoms with Crippen LogP contribution in [0.3, 0.4) is 0 Å². The molecule has 0 spiro atoms. The average molecular weight is 534 g/mol. The quantitative estimate of drug-likeness (QED) is 0.155. The van der Waals surface area contributed by atoms with Gasteiger partial charge in [-0.2, -0.15) is 0 Å². The molecule has 208 valence electrons. The number of hydrogen-bond acceptors (Lipinski definition) is 7. The van der Waals surface area contributed by atoms with E-state index < -0.39 is 11.7 Å². The first-order valence-electron chi connectivity index (χ1n) is 13.2. The number of anilines is 2. The maximum absolute atomic E-state index is 12.5. The first-order chi connectivity index (χ1) is 18.5. The van der Waals surface area contributed by atoms with Crippen LogP contribution in [0.2, 0.25) is 0 Å². The van der Waals surface area contributed by atoms with Crippen molar-refractivity contribution in [2.75, 3.05) is 23.3 Å². The zero-order valence-electron chi connectivity index (χ0n) is 23.5. The number of carbonyl (C=O) groups excluding carboxylic acids is 1. The molecule has 0 aliphatic carbocycles. The van der Waals surface area contributed by atoms with Crippen LogP contribution in [-0.4, -0.2) is 34.7 Å². The van der Waals surface area contributed by atoms with Crippen molar-refractivity contribution in [2.45, 2.75) is 66.2 Å². The van der Waals surface area contributed by atoms with Gasteiger partial charge in [0, 0.05) is 37.4 Å². The van der Waals surface area contributed by atoms with E-state index in [2.05, 4.69) is 10.6 Å². The number of pyridine rings is 1. The van der Waals surface area contributed by atoms with Crippen LogP contribution < -0.4 is 15.5 Å². The van der Waals surface area contributed by atoms with E-state index >= 15 is 0 Å². The molecular weight excluding hydrogens is 494 g/mol. The predicted octanol–water partition coefficient (Wildman–Crippen LogP) is 6.53. The number of ether oxygens (including phenoxy) is 1. The topological polar surface area (TPSA) is 110 Å². The molecule has 1 amide bonds. The fraction of sp³-hybridized carbons (Fsp3) is 0.400. The van der Waals surface area contributed by atoms with Crippen LogP contribution in [0, 0.1) is 24.0 Å². The highest BCUT2D eigenvalue weighted by Crippen LogP contribution is 2.39. The highest BCUT2D eigenvalue weighted by atomic mass is 16.6. The third kappa shape index (κ3) is 8.98. The Morgan fingerprint density at radius 1 is 0.949 bits per heavy atom. The Bertz CT molecular complexity index is 1200. The molecule has 1 aromatic heterocycles. The summed E-state index contributed by atoms with van der Waals surface area (Å²) in [6, 6.07) is 19.8. The van der Waals surface area contributed by atoms with Gasteiger partial charge in [0.25, 0.3) is 0 Å². The fourth-order valence-corrected chi connectivity index (χ4v) is 4.16. The predicted molar refractivity (Wildman–Crippen MR) is 155 cm³/mol. The first-order valence-corrected chi connectivity index (χ1v) is 13.2. The van der Waals surface area contributed by atoms with E-state index in [1.54, 1.807) is 0 Å². The molecule has 0 radical (unpaired) electrons. The van der Waals surface area contributed by atoms with E-state index in [-0.39, 0.29) is 10.6 Å². The molecule has 3 rings (SSSR count). The molecule has 2 aromatic carbocycles. The van der Waals surface area contributed by atoms with Crippen molar-refractivity contribution in [3.8, 4) is 0 Å². The fourth-order valence-electron chi connectivity index (χ4n) is 4.16. The lowest BCUT2D eigenvalue weighted by molar-refractivity contribution is -0.383. The Morgan fingerprint density at radius 2 is 1.49 bits per heavy atom. The number of nitrogens with zero attached hydrogens (tertiary/aromatic N) is 3. The van der Waals surface area contributed by atoms with Gasteiger partial charge in [0.2, 0.25) is 5.82 Å². The SMILES string of the molecule is Cc1nc(N(Cc2ccccc2)Cc2ccccc2)c([N+](=O)[O-])c(NCCCCNC(=O)OC(C)(C)C)c1C. The zero-order valence-corrected chi connectivity index (χ0v) is 23.5. The molecule has 1 heterocycles. The Balaban J connectivity index is 1.81. The smallest absolute Gasteiger partial charge is 0.407 e. The molecule has 0 aliphatic rings. The van der Waals surface area contributed by atoms with Gasteiger partial charge < -0.3 is 20.3 Å². The molecule has 0 bridgehead atoms. The van der Waals surface area contributed by atoms with Gasteiger partial charge in [-0.05, 0) is 58.6 Å². The number of alkyl carbamates (subject to hydrolysis) is 1. The molecule has 9 heteroatoms. The summed E-state index contributed by atoms with van der Waals surface area (Å²) in [7, 11) is 0. The number of nitro groups is 1. The highest BCUT2D eigenvalue weighted by Gasteiger charge is 2.29. The molecule has 0 unspecified atom stereocenters. The van der Waals surface area contributed by atoms with Gasteiger partial charge in [-0.3, -0.25) is 10.1 Å². The maximum Gasteiger partial charge on any atom is 0.407 e. The van der Waals surface area contributed by atoms with Gasteiger partial charge in [-0.15, -0.1) is 0 Å². The van der Waals surface area contributed by atoms with E-state index in [1.165, 1.54) is 0 Å². The number of benzene rings is 2. The summed E-state index contributed by atoms with van der Waals surface area (Å²) in [5, 5.41) is 18.5. The van der Waals surface area contributed by atoms with Crippen LogP contribution in [0.5, 0.6) is 0 Å². The van der Waals surface area contributed by atoms with Gasteiger partial charge in [0.05, 0.1) is 4.92 Å². The van der Waals surface area contributed by atoms with Crippen LogP contribution in [0.1, 0.15) is 56.0 Å². The summed E-state index contributed by atoms with van der Waals surface area (Å²) in [5.41, 5.74) is 3.45. The van der Waals surface area contributed by atoms with Gasteiger partial charge in [-0.25, -0.2) is 9.78 Å². The molecule has 0 atom stereocenters. The summed E-state index contributed by atoms with van der Waals surface area (Å²) in [4.78, 5) is 30.7. The molecule has 0 saturated heterocycles. The lowest BCUT2D eigenvalue weighted by atomic mass is 10.1. The number of rotatable bonds is 12. The molecular formula is C30H39N5O4. The molecule has 0 saturated carbocycles. The lowest BCUT2D eigenvalue weighted by Crippen LogP contribution is -2.33. The normalized spacial score (nSPS) is 11.1. The number of unbranched alkanes of at least 4 members (excludes halogenated alkanes) is 1. The minimum Gasteiger partial charge on any atom is -0.444 e. The second-order valence-corrected chi connectivity index (χ2v) is 10.5. The maximum atomic E-state index is 12.5. The molecule has 3 aromatic rings. The van der Waals surface area contributed by atoms with Crippen molar-refractivity contribution in [3.05, 3.63) is 93.2 Å². The molecule has 0 aliphatic heterocycles. The van der Waals surface area contributed by atoms with Crippen molar-refractivity contribution < 1.29 is 14.5 Å². The van der Waals surface area contributed by atoms with Gasteiger partial charge in [0.15, 0.2) is 0 Å². The summed E-state index contributed by atoms with van der Waals surface area (Å²) in [6.45, 7) is 11.1. The largest absolute Gasteiger partial charge is 0.444 e. The van der Waals surface area contributed by atoms with Crippen molar-refractivity contribution in [2.24, 2.45) is 0 Å². The Hall–Kier alpha value is -4.14. The number of carbonyl (C=O) groups is 1. The first kappa shape index (κ1) is 29.4. The third-order valence-corrected chi connectivity index (χ3v) is 6.13. The summed E-state index contributed by atoms with van der Waals surface area (Å²) >= 11 is 0. The van der Waals surface area contributed by atoms with Gasteiger partial charge >= 0.3 is 11.8 Å². The van der Waals surface area contributed by atoms with Gasteiger partial charge in [0.1, 0.15) is 11.3 Å². The molecule has 0 fully saturated rings. The van der Waals surface area contributed by atoms with Crippen LogP contribution in [0.25, 0.3) is 0 Å². The minimum atomic E-state index is -0.548. The summed E-state index contributed by atoms with van der Waals surface area (Å²) in [6.07, 6.45) is 0.957. The van der Waals surface area contributed by atoms with E-state index in [9.17, 15) is 14.9 Å². The Labute approximate surface area is 230 Å². The number of aryl methyl sites for hydroxylation is 1. The standard InChI is InChI=1S/C30H39N5O4/c1-22-23(2)33-28(34(20-24-14-8-6-9-15-24)21-25-16-10-7-11-17-25)27(35(37)38)26(22)31-18-12-13-19-32-29(36)39-30(3,4)5/h6-11,14-17H,12-13,18-21H2,1-5H3,(H,31,33)(H,32,36). The number of amides is 1. The van der Waals surface area contributed by atoms with Crippen LogP contribution in [-0.2, 0) is 17.8 Å². The lowest BCUT2D eigenvalue weighted by Gasteiger charge is -2.26. The van der Waals surface area contributed by atoms with Crippen LogP contribution >= 0.6 is 0 Å². The average Bonchev–Trinajstić information content (AvgIpc) is 2.87. The van der Waals surface area contributed by atoms with Crippen LogP contribution in [0.15, 0.2) is 60.7 Å². The van der Waals surface area contributed by atoms with E-state index in [0.717, 1.165) is 22.4 Å². The van der Waals surface area contributed by atoms with Crippen molar-refractivity contribution in [1.82, 2.24) is 10.3 Å². The number of aromatic nitrogens is 1. The van der Waals surface area contributed by atoms with Crippen molar-refractivity contribution in [1.29, 1.82) is 0 Å². The Morgan fingerprint density at radius 3 is 2.00 bits per heavy atom. The van der Waals surface area contributed by atoms with Crippen molar-refractivity contribution in [3.63, 3.8) is 0 Å². The molecule has 9 nitrogen and oxygen atoms in total. The number of nitrogens with one attached hydrogen (secondary N) is 2. The molecule has 2 N–H and O–H groups in total. The second kappa shape index (κ2) is 13.6. The third-order valence-electron chi connectivity index (χ3n) is 6.13. The summed E-state index contributed by atoms with van der Waals surface area (Å²) in [5.74, 6) is 0.338.